The molecule has 5 rings (SSSR count). The largest absolute Gasteiger partial charge is 0.332 e. The molecule has 2 fully saturated rings. The summed E-state index contributed by atoms with van der Waals surface area (Å²) in [4.78, 5) is 17.9. The van der Waals surface area contributed by atoms with Gasteiger partial charge in [0.1, 0.15) is 0 Å². The number of hydrogen-bond donors (Lipinski definition) is 0. The summed E-state index contributed by atoms with van der Waals surface area (Å²) in [5.74, 6) is 1.08. The summed E-state index contributed by atoms with van der Waals surface area (Å²) < 4.78 is 0. The Bertz CT molecular complexity index is 1000. The van der Waals surface area contributed by atoms with Gasteiger partial charge in [0, 0.05) is 38.3 Å². The van der Waals surface area contributed by atoms with Crippen LogP contribution in [0.3, 0.4) is 0 Å². The number of benzene rings is 2. The molecule has 2 aromatic carbocycles. The molecule has 2 saturated carbocycles. The van der Waals surface area contributed by atoms with Gasteiger partial charge in [-0.15, -0.1) is 0 Å². The van der Waals surface area contributed by atoms with Crippen LogP contribution in [0.2, 0.25) is 0 Å². The van der Waals surface area contributed by atoms with E-state index in [-0.39, 0.29) is 5.91 Å². The first kappa shape index (κ1) is 20.5. The van der Waals surface area contributed by atoms with Crippen molar-refractivity contribution in [2.75, 3.05) is 13.1 Å². The highest BCUT2D eigenvalue weighted by molar-refractivity contribution is 5.92. The summed E-state index contributed by atoms with van der Waals surface area (Å²) in [6.45, 7) is 8.48. The summed E-state index contributed by atoms with van der Waals surface area (Å²) in [6.07, 6.45) is 10.0. The molecule has 0 radical (unpaired) electrons. The molecule has 162 valence electrons. The molecule has 3 aliphatic rings. The zero-order valence-electron chi connectivity index (χ0n) is 18.9. The van der Waals surface area contributed by atoms with Crippen molar-refractivity contribution < 1.29 is 4.79 Å². The first-order valence-corrected chi connectivity index (χ1v) is 12.0. The van der Waals surface area contributed by atoms with E-state index < -0.39 is 0 Å². The van der Waals surface area contributed by atoms with Gasteiger partial charge in [-0.05, 0) is 91.3 Å². The molecule has 3 nitrogen and oxygen atoms in total. The predicted molar refractivity (Wildman–Crippen MR) is 127 cm³/mol. The van der Waals surface area contributed by atoms with Crippen LogP contribution >= 0.6 is 0 Å². The number of hydrogen-bond acceptors (Lipinski definition) is 2. The zero-order chi connectivity index (χ0) is 21.4. The van der Waals surface area contributed by atoms with Crippen LogP contribution in [-0.2, 0) is 24.3 Å². The van der Waals surface area contributed by atoms with E-state index >= 15 is 0 Å². The van der Waals surface area contributed by atoms with Crippen molar-refractivity contribution in [1.82, 2.24) is 9.80 Å². The van der Waals surface area contributed by atoms with E-state index in [0.717, 1.165) is 38.3 Å². The Labute approximate surface area is 186 Å². The minimum Gasteiger partial charge on any atom is -0.332 e. The van der Waals surface area contributed by atoms with Gasteiger partial charge in [-0.1, -0.05) is 36.4 Å². The van der Waals surface area contributed by atoms with Gasteiger partial charge in [0.2, 0.25) is 5.91 Å². The van der Waals surface area contributed by atoms with E-state index in [1.54, 1.807) is 0 Å². The molecule has 0 atom stereocenters. The van der Waals surface area contributed by atoms with E-state index in [2.05, 4.69) is 66.1 Å². The molecular formula is C28H34N2O. The van der Waals surface area contributed by atoms with E-state index in [0.29, 0.717) is 12.6 Å². The highest BCUT2D eigenvalue weighted by Crippen LogP contribution is 2.33. The highest BCUT2D eigenvalue weighted by atomic mass is 16.2. The number of amides is 1. The van der Waals surface area contributed by atoms with Gasteiger partial charge in [-0.25, -0.2) is 0 Å². The third-order valence-corrected chi connectivity index (χ3v) is 7.33. The monoisotopic (exact) mass is 414 g/mol. The lowest BCUT2D eigenvalue weighted by atomic mass is 9.94. The molecule has 0 aromatic heterocycles. The molecule has 0 N–H and O–H groups in total. The molecule has 1 aliphatic heterocycles. The topological polar surface area (TPSA) is 23.6 Å². The lowest BCUT2D eigenvalue weighted by Crippen LogP contribution is -2.32. The Morgan fingerprint density at radius 3 is 2.68 bits per heavy atom. The average molecular weight is 415 g/mol. The Morgan fingerprint density at radius 2 is 1.90 bits per heavy atom. The maximum Gasteiger partial charge on any atom is 0.247 e. The minimum atomic E-state index is 0.146. The van der Waals surface area contributed by atoms with Gasteiger partial charge >= 0.3 is 0 Å². The quantitative estimate of drug-likeness (QED) is 0.576. The Morgan fingerprint density at radius 1 is 1.10 bits per heavy atom. The maximum absolute atomic E-state index is 13.2. The number of nitrogens with zero attached hydrogens (tertiary/aromatic N) is 2. The van der Waals surface area contributed by atoms with Crippen molar-refractivity contribution in [1.29, 1.82) is 0 Å². The second-order valence-electron chi connectivity index (χ2n) is 9.80. The van der Waals surface area contributed by atoms with Gasteiger partial charge in [-0.3, -0.25) is 9.69 Å². The molecule has 2 aromatic rings. The summed E-state index contributed by atoms with van der Waals surface area (Å²) in [7, 11) is 0. The van der Waals surface area contributed by atoms with Crippen molar-refractivity contribution in [3.05, 3.63) is 75.9 Å². The number of carbonyl (C=O) groups is 1. The van der Waals surface area contributed by atoms with E-state index in [1.807, 2.05) is 6.08 Å². The predicted octanol–water partition coefficient (Wildman–Crippen LogP) is 5.28. The number of carbonyl (C=O) groups excluding carboxylic acids is 1. The molecule has 0 saturated heterocycles. The van der Waals surface area contributed by atoms with Gasteiger partial charge in [0.15, 0.2) is 0 Å². The van der Waals surface area contributed by atoms with Gasteiger partial charge in [-0.2, -0.15) is 0 Å². The van der Waals surface area contributed by atoms with E-state index in [4.69, 9.17) is 0 Å². The second kappa shape index (κ2) is 8.63. The van der Waals surface area contributed by atoms with Crippen LogP contribution in [0.15, 0.2) is 42.5 Å². The normalized spacial score (nSPS) is 18.9. The van der Waals surface area contributed by atoms with Gasteiger partial charge < -0.3 is 4.90 Å². The lowest BCUT2D eigenvalue weighted by Gasteiger charge is -2.29. The summed E-state index contributed by atoms with van der Waals surface area (Å²) in [5, 5.41) is 0. The van der Waals surface area contributed by atoms with Crippen LogP contribution in [0, 0.1) is 19.8 Å². The fourth-order valence-corrected chi connectivity index (χ4v) is 4.87. The van der Waals surface area contributed by atoms with Crippen LogP contribution in [-0.4, -0.2) is 34.8 Å². The van der Waals surface area contributed by atoms with Crippen LogP contribution in [0.25, 0.3) is 6.08 Å². The molecule has 0 bridgehead atoms. The average Bonchev–Trinajstić information content (AvgIpc) is 3.68. The molecule has 0 spiro atoms. The molecular weight excluding hydrogens is 380 g/mol. The Hall–Kier alpha value is -2.39. The maximum atomic E-state index is 13.2. The van der Waals surface area contributed by atoms with E-state index in [1.165, 1.54) is 52.8 Å². The third-order valence-electron chi connectivity index (χ3n) is 7.33. The van der Waals surface area contributed by atoms with Crippen molar-refractivity contribution in [3.8, 4) is 0 Å². The van der Waals surface area contributed by atoms with Crippen molar-refractivity contribution in [3.63, 3.8) is 0 Å². The summed E-state index contributed by atoms with van der Waals surface area (Å²) in [6, 6.07) is 13.4. The van der Waals surface area contributed by atoms with Crippen LogP contribution in [0.4, 0.5) is 0 Å². The zero-order valence-corrected chi connectivity index (χ0v) is 18.9. The first-order chi connectivity index (χ1) is 15.1. The van der Waals surface area contributed by atoms with E-state index in [9.17, 15) is 4.79 Å². The SMILES string of the molecule is Cc1cccc(CN(C(=O)/C=C/c2cccc3c2CCN(CC2CC2)C3)C2CC2)c1C. The highest BCUT2D eigenvalue weighted by Gasteiger charge is 2.32. The number of aryl methyl sites for hydroxylation is 1. The molecule has 3 heteroatoms. The molecule has 1 amide bonds. The Balaban J connectivity index is 1.30. The Kier molecular flexibility index (Phi) is 5.71. The van der Waals surface area contributed by atoms with Crippen LogP contribution < -0.4 is 0 Å². The fourth-order valence-electron chi connectivity index (χ4n) is 4.87. The molecule has 1 heterocycles. The van der Waals surface area contributed by atoms with Crippen molar-refractivity contribution in [2.45, 2.75) is 65.1 Å². The van der Waals surface area contributed by atoms with Crippen molar-refractivity contribution in [2.24, 2.45) is 5.92 Å². The van der Waals surface area contributed by atoms with Crippen LogP contribution in [0.5, 0.6) is 0 Å². The van der Waals surface area contributed by atoms with Crippen LogP contribution in [0.1, 0.15) is 59.1 Å². The third kappa shape index (κ3) is 4.77. The summed E-state index contributed by atoms with van der Waals surface area (Å²) >= 11 is 0. The van der Waals surface area contributed by atoms with Gasteiger partial charge in [0.05, 0.1) is 0 Å². The fraction of sp³-hybridized carbons (Fsp3) is 0.464. The minimum absolute atomic E-state index is 0.146. The van der Waals surface area contributed by atoms with Gasteiger partial charge in [0.25, 0.3) is 0 Å². The lowest BCUT2D eigenvalue weighted by molar-refractivity contribution is -0.127. The number of fused-ring (bicyclic) bond motifs is 1. The molecule has 31 heavy (non-hydrogen) atoms. The summed E-state index contributed by atoms with van der Waals surface area (Å²) in [5.41, 5.74) is 7.96. The standard InChI is InChI=1S/C28H34N2O/c1-20-5-3-7-24(21(20)2)19-30(26-12-13-26)28(31)14-11-23-6-4-8-25-18-29(16-15-27(23)25)17-22-9-10-22/h3-8,11,14,22,26H,9-10,12-13,15-19H2,1-2H3/b14-11+. The number of rotatable bonds is 7. The molecule has 0 unspecified atom stereocenters. The smallest absolute Gasteiger partial charge is 0.247 e. The first-order valence-electron chi connectivity index (χ1n) is 12.0. The van der Waals surface area contributed by atoms with Crippen molar-refractivity contribution >= 4 is 12.0 Å². The molecule has 2 aliphatic carbocycles. The second-order valence-corrected chi connectivity index (χ2v) is 9.80.